The summed E-state index contributed by atoms with van der Waals surface area (Å²) in [7, 11) is 6.08. The van der Waals surface area contributed by atoms with Gasteiger partial charge in [-0.3, -0.25) is 0 Å². The minimum Gasteiger partial charge on any atom is -0.489 e. The summed E-state index contributed by atoms with van der Waals surface area (Å²) in [5, 5.41) is 3.87. The molecule has 0 saturated heterocycles. The summed E-state index contributed by atoms with van der Waals surface area (Å²) >= 11 is 6.26. The second-order valence-corrected chi connectivity index (χ2v) is 5.30. The molecule has 0 saturated carbocycles. The first-order valence-electron chi connectivity index (χ1n) is 6.22. The molecule has 0 heterocycles. The van der Waals surface area contributed by atoms with E-state index in [1.807, 2.05) is 33.0 Å². The predicted octanol–water partition coefficient (Wildman–Crippen LogP) is 2.95. The summed E-state index contributed by atoms with van der Waals surface area (Å²) < 4.78 is 5.64. The van der Waals surface area contributed by atoms with Crippen LogP contribution in [0.15, 0.2) is 18.2 Å². The maximum atomic E-state index is 6.26. The second-order valence-electron chi connectivity index (χ2n) is 4.89. The van der Waals surface area contributed by atoms with Gasteiger partial charge in [-0.2, -0.15) is 0 Å². The van der Waals surface area contributed by atoms with Gasteiger partial charge in [-0.25, -0.2) is 0 Å². The zero-order chi connectivity index (χ0) is 13.7. The first-order chi connectivity index (χ1) is 8.45. The molecule has 0 aromatic heterocycles. The van der Waals surface area contributed by atoms with Gasteiger partial charge in [-0.15, -0.1) is 0 Å². The Morgan fingerprint density at radius 1 is 1.33 bits per heavy atom. The van der Waals surface area contributed by atoms with Gasteiger partial charge in [0.05, 0.1) is 11.1 Å². The van der Waals surface area contributed by atoms with Gasteiger partial charge in [-0.1, -0.05) is 17.7 Å². The van der Waals surface area contributed by atoms with Crippen molar-refractivity contribution in [3.05, 3.63) is 28.8 Å². The topological polar surface area (TPSA) is 24.5 Å². The third-order valence-corrected chi connectivity index (χ3v) is 3.02. The number of hydrogen-bond acceptors (Lipinski definition) is 3. The number of benzene rings is 1. The van der Waals surface area contributed by atoms with Crippen LogP contribution in [0, 0.1) is 0 Å². The Bertz CT molecular complexity index is 380. The highest BCUT2D eigenvalue weighted by molar-refractivity contribution is 6.32. The second kappa shape index (κ2) is 6.98. The smallest absolute Gasteiger partial charge is 0.138 e. The van der Waals surface area contributed by atoms with Gasteiger partial charge < -0.3 is 15.0 Å². The Hall–Kier alpha value is -0.770. The summed E-state index contributed by atoms with van der Waals surface area (Å²) in [6.45, 7) is 4.87. The molecule has 18 heavy (non-hydrogen) atoms. The molecule has 0 aliphatic heterocycles. The number of nitrogens with zero attached hydrogens (tertiary/aromatic N) is 1. The first kappa shape index (κ1) is 15.3. The molecule has 0 aliphatic rings. The lowest BCUT2D eigenvalue weighted by molar-refractivity contribution is 0.242. The molecule has 0 fully saturated rings. The van der Waals surface area contributed by atoms with Crippen molar-refractivity contribution in [1.82, 2.24) is 10.2 Å². The Labute approximate surface area is 115 Å². The molecule has 0 radical (unpaired) electrons. The van der Waals surface area contributed by atoms with E-state index >= 15 is 0 Å². The van der Waals surface area contributed by atoms with Crippen LogP contribution in [0.1, 0.15) is 25.5 Å². The number of rotatable bonds is 6. The van der Waals surface area contributed by atoms with Gasteiger partial charge in [0.15, 0.2) is 0 Å². The maximum absolute atomic E-state index is 6.26. The van der Waals surface area contributed by atoms with E-state index < -0.39 is 0 Å². The zero-order valence-electron chi connectivity index (χ0n) is 11.8. The molecule has 1 aromatic carbocycles. The normalized spacial score (nSPS) is 13.1. The summed E-state index contributed by atoms with van der Waals surface area (Å²) in [6.07, 6.45) is 0.135. The lowest BCUT2D eigenvalue weighted by Gasteiger charge is -2.25. The van der Waals surface area contributed by atoms with Crippen LogP contribution in [0.25, 0.3) is 0 Å². The van der Waals surface area contributed by atoms with E-state index in [0.717, 1.165) is 12.3 Å². The van der Waals surface area contributed by atoms with Crippen molar-refractivity contribution in [2.24, 2.45) is 0 Å². The maximum Gasteiger partial charge on any atom is 0.138 e. The molecule has 3 nitrogen and oxygen atoms in total. The molecular formula is C14H23ClN2O. The van der Waals surface area contributed by atoms with E-state index in [-0.39, 0.29) is 6.10 Å². The predicted molar refractivity (Wildman–Crippen MR) is 77.6 cm³/mol. The standard InChI is InChI=1S/C14H23ClN2O/c1-10(2)18-14-7-6-11(8-12(14)15)13(9-16-3)17(4)5/h6-8,10,13,16H,9H2,1-5H3. The molecular weight excluding hydrogens is 248 g/mol. The summed E-state index contributed by atoms with van der Waals surface area (Å²) in [4.78, 5) is 2.17. The van der Waals surface area contributed by atoms with E-state index in [1.165, 1.54) is 5.56 Å². The van der Waals surface area contributed by atoms with Crippen molar-refractivity contribution < 1.29 is 4.74 Å². The molecule has 0 spiro atoms. The monoisotopic (exact) mass is 270 g/mol. The van der Waals surface area contributed by atoms with Gasteiger partial charge in [0, 0.05) is 12.6 Å². The van der Waals surface area contributed by atoms with E-state index in [1.54, 1.807) is 0 Å². The molecule has 0 bridgehead atoms. The average Bonchev–Trinajstić information content (AvgIpc) is 2.28. The van der Waals surface area contributed by atoms with Crippen molar-refractivity contribution in [3.8, 4) is 5.75 Å². The van der Waals surface area contributed by atoms with Gasteiger partial charge in [0.2, 0.25) is 0 Å². The van der Waals surface area contributed by atoms with Crippen LogP contribution in [0.3, 0.4) is 0 Å². The Kier molecular flexibility index (Phi) is 5.93. The minimum absolute atomic E-state index is 0.135. The molecule has 1 atom stereocenters. The molecule has 1 rings (SSSR count). The fourth-order valence-corrected chi connectivity index (χ4v) is 2.10. The van der Waals surface area contributed by atoms with Gasteiger partial charge in [0.25, 0.3) is 0 Å². The van der Waals surface area contributed by atoms with E-state index in [4.69, 9.17) is 16.3 Å². The summed E-state index contributed by atoms with van der Waals surface area (Å²) in [5.74, 6) is 0.748. The van der Waals surface area contributed by atoms with Crippen molar-refractivity contribution in [2.75, 3.05) is 27.7 Å². The van der Waals surface area contributed by atoms with Crippen LogP contribution in [-0.2, 0) is 0 Å². The zero-order valence-corrected chi connectivity index (χ0v) is 12.6. The number of ether oxygens (including phenoxy) is 1. The van der Waals surface area contributed by atoms with Crippen LogP contribution >= 0.6 is 11.6 Å². The minimum atomic E-state index is 0.135. The summed E-state index contributed by atoms with van der Waals surface area (Å²) in [6, 6.07) is 6.32. The molecule has 1 unspecified atom stereocenters. The van der Waals surface area contributed by atoms with E-state index in [9.17, 15) is 0 Å². The number of nitrogens with one attached hydrogen (secondary N) is 1. The van der Waals surface area contributed by atoms with E-state index in [2.05, 4.69) is 30.4 Å². The highest BCUT2D eigenvalue weighted by Crippen LogP contribution is 2.29. The summed E-state index contributed by atoms with van der Waals surface area (Å²) in [5.41, 5.74) is 1.19. The fraction of sp³-hybridized carbons (Fsp3) is 0.571. The van der Waals surface area contributed by atoms with Crippen molar-refractivity contribution in [3.63, 3.8) is 0 Å². The van der Waals surface area contributed by atoms with Crippen LogP contribution < -0.4 is 10.1 Å². The van der Waals surface area contributed by atoms with Crippen molar-refractivity contribution in [2.45, 2.75) is 26.0 Å². The molecule has 0 aliphatic carbocycles. The van der Waals surface area contributed by atoms with Crippen molar-refractivity contribution in [1.29, 1.82) is 0 Å². The van der Waals surface area contributed by atoms with Gasteiger partial charge >= 0.3 is 0 Å². The molecule has 1 aromatic rings. The Balaban J connectivity index is 2.94. The third-order valence-electron chi connectivity index (χ3n) is 2.72. The van der Waals surface area contributed by atoms with Crippen LogP contribution in [0.5, 0.6) is 5.75 Å². The van der Waals surface area contributed by atoms with Crippen LogP contribution in [0.4, 0.5) is 0 Å². The SMILES string of the molecule is CNCC(c1ccc(OC(C)C)c(Cl)c1)N(C)C. The first-order valence-corrected chi connectivity index (χ1v) is 6.60. The Morgan fingerprint density at radius 3 is 2.44 bits per heavy atom. The van der Waals surface area contributed by atoms with Gasteiger partial charge in [0.1, 0.15) is 5.75 Å². The molecule has 0 amide bonds. The number of hydrogen-bond donors (Lipinski definition) is 1. The molecule has 1 N–H and O–H groups in total. The van der Waals surface area contributed by atoms with Gasteiger partial charge in [-0.05, 0) is 52.7 Å². The highest BCUT2D eigenvalue weighted by Gasteiger charge is 2.15. The average molecular weight is 271 g/mol. The molecule has 102 valence electrons. The quantitative estimate of drug-likeness (QED) is 0.860. The van der Waals surface area contributed by atoms with Crippen LogP contribution in [0.2, 0.25) is 5.02 Å². The highest BCUT2D eigenvalue weighted by atomic mass is 35.5. The number of halogens is 1. The lowest BCUT2D eigenvalue weighted by Crippen LogP contribution is -2.29. The lowest BCUT2D eigenvalue weighted by atomic mass is 10.1. The molecule has 4 heteroatoms. The third kappa shape index (κ3) is 4.16. The number of likely N-dealkylation sites (N-methyl/N-ethyl adjacent to an activating group) is 2. The Morgan fingerprint density at radius 2 is 2.00 bits per heavy atom. The largest absolute Gasteiger partial charge is 0.489 e. The van der Waals surface area contributed by atoms with Crippen LogP contribution in [-0.4, -0.2) is 38.7 Å². The fourth-order valence-electron chi connectivity index (χ4n) is 1.87. The van der Waals surface area contributed by atoms with E-state index in [0.29, 0.717) is 11.1 Å². The van der Waals surface area contributed by atoms with Crippen molar-refractivity contribution >= 4 is 11.6 Å².